The maximum Gasteiger partial charge on any atom is 0.303 e. The van der Waals surface area contributed by atoms with Gasteiger partial charge in [0.2, 0.25) is 0 Å². The standard InChI is InChI=1S/C19H26N4O2/c1-14(2)23-12-10-20-18(23)13-22-11-4-7-17(22)16-6-3-5-15(21-16)8-9-19(24)25/h3,5-6,10,12,14,17H,4,7-9,11,13H2,1-2H3,(H,24,25)/t17-/m0/s1. The second kappa shape index (κ2) is 7.78. The van der Waals surface area contributed by atoms with E-state index >= 15 is 0 Å². The zero-order valence-corrected chi connectivity index (χ0v) is 14.9. The fourth-order valence-electron chi connectivity index (χ4n) is 3.53. The number of carboxylic acid groups (broad SMARTS) is 1. The molecule has 134 valence electrons. The maximum atomic E-state index is 10.8. The molecule has 6 heteroatoms. The molecule has 0 saturated carbocycles. The number of imidazole rings is 1. The van der Waals surface area contributed by atoms with Gasteiger partial charge in [-0.05, 0) is 45.4 Å². The first kappa shape index (κ1) is 17.6. The van der Waals surface area contributed by atoms with Gasteiger partial charge >= 0.3 is 5.97 Å². The number of pyridine rings is 1. The minimum Gasteiger partial charge on any atom is -0.481 e. The Kier molecular flexibility index (Phi) is 5.48. The van der Waals surface area contributed by atoms with Gasteiger partial charge < -0.3 is 9.67 Å². The molecule has 1 aliphatic heterocycles. The van der Waals surface area contributed by atoms with Gasteiger partial charge in [0.15, 0.2) is 0 Å². The molecule has 6 nitrogen and oxygen atoms in total. The third kappa shape index (κ3) is 4.25. The van der Waals surface area contributed by atoms with E-state index < -0.39 is 5.97 Å². The summed E-state index contributed by atoms with van der Waals surface area (Å²) in [6.07, 6.45) is 6.73. The second-order valence-electron chi connectivity index (χ2n) is 6.92. The first-order valence-corrected chi connectivity index (χ1v) is 8.98. The van der Waals surface area contributed by atoms with Crippen LogP contribution in [0.25, 0.3) is 0 Å². The second-order valence-corrected chi connectivity index (χ2v) is 6.92. The summed E-state index contributed by atoms with van der Waals surface area (Å²) in [6, 6.07) is 6.64. The predicted molar refractivity (Wildman–Crippen MR) is 95.2 cm³/mol. The van der Waals surface area contributed by atoms with E-state index in [4.69, 9.17) is 10.1 Å². The molecule has 2 aromatic heterocycles. The lowest BCUT2D eigenvalue weighted by Crippen LogP contribution is -2.25. The Morgan fingerprint density at radius 3 is 3.00 bits per heavy atom. The van der Waals surface area contributed by atoms with Crippen LogP contribution in [-0.2, 0) is 17.8 Å². The van der Waals surface area contributed by atoms with E-state index in [1.165, 1.54) is 0 Å². The summed E-state index contributed by atoms with van der Waals surface area (Å²) in [5.74, 6) is 0.305. The largest absolute Gasteiger partial charge is 0.481 e. The molecule has 0 unspecified atom stereocenters. The van der Waals surface area contributed by atoms with Gasteiger partial charge in [0, 0.05) is 30.6 Å². The Hall–Kier alpha value is -2.21. The molecule has 1 N–H and O–H groups in total. The molecule has 2 aromatic rings. The number of hydrogen-bond donors (Lipinski definition) is 1. The highest BCUT2D eigenvalue weighted by molar-refractivity contribution is 5.66. The van der Waals surface area contributed by atoms with Crippen molar-refractivity contribution in [3.05, 3.63) is 47.8 Å². The molecule has 0 bridgehead atoms. The fourth-order valence-corrected chi connectivity index (χ4v) is 3.53. The van der Waals surface area contributed by atoms with Crippen LogP contribution in [0.1, 0.15) is 62.4 Å². The van der Waals surface area contributed by atoms with E-state index in [2.05, 4.69) is 34.4 Å². The monoisotopic (exact) mass is 342 g/mol. The van der Waals surface area contributed by atoms with Crippen LogP contribution in [0.5, 0.6) is 0 Å². The van der Waals surface area contributed by atoms with Crippen LogP contribution in [0, 0.1) is 0 Å². The number of carboxylic acids is 1. The summed E-state index contributed by atoms with van der Waals surface area (Å²) in [5, 5.41) is 8.87. The molecule has 1 atom stereocenters. The molecule has 3 heterocycles. The minimum atomic E-state index is -0.782. The van der Waals surface area contributed by atoms with Crippen molar-refractivity contribution in [3.8, 4) is 0 Å². The van der Waals surface area contributed by atoms with Gasteiger partial charge in [0.25, 0.3) is 0 Å². The summed E-state index contributed by atoms with van der Waals surface area (Å²) in [6.45, 7) is 6.19. The Morgan fingerprint density at radius 1 is 1.40 bits per heavy atom. The maximum absolute atomic E-state index is 10.8. The van der Waals surface area contributed by atoms with Gasteiger partial charge in [-0.3, -0.25) is 14.7 Å². The van der Waals surface area contributed by atoms with Crippen LogP contribution >= 0.6 is 0 Å². The third-order valence-electron chi connectivity index (χ3n) is 4.78. The van der Waals surface area contributed by atoms with Crippen molar-refractivity contribution in [2.45, 2.75) is 58.2 Å². The van der Waals surface area contributed by atoms with Crippen LogP contribution in [-0.4, -0.2) is 37.1 Å². The lowest BCUT2D eigenvalue weighted by molar-refractivity contribution is -0.136. The Bertz CT molecular complexity index is 726. The Morgan fingerprint density at radius 2 is 2.24 bits per heavy atom. The quantitative estimate of drug-likeness (QED) is 0.836. The summed E-state index contributed by atoms with van der Waals surface area (Å²) < 4.78 is 2.21. The number of aromatic nitrogens is 3. The number of aliphatic carboxylic acids is 1. The zero-order chi connectivity index (χ0) is 17.8. The van der Waals surface area contributed by atoms with Crippen LogP contribution in [0.2, 0.25) is 0 Å². The van der Waals surface area contributed by atoms with Crippen molar-refractivity contribution in [1.82, 2.24) is 19.4 Å². The van der Waals surface area contributed by atoms with Crippen LogP contribution in [0.4, 0.5) is 0 Å². The highest BCUT2D eigenvalue weighted by Crippen LogP contribution is 2.32. The van der Waals surface area contributed by atoms with Crippen LogP contribution in [0.15, 0.2) is 30.6 Å². The summed E-state index contributed by atoms with van der Waals surface area (Å²) in [5.41, 5.74) is 1.90. The number of nitrogens with zero attached hydrogens (tertiary/aromatic N) is 4. The molecule has 25 heavy (non-hydrogen) atoms. The van der Waals surface area contributed by atoms with Gasteiger partial charge in [0.05, 0.1) is 24.7 Å². The van der Waals surface area contributed by atoms with Crippen LogP contribution in [0.3, 0.4) is 0 Å². The van der Waals surface area contributed by atoms with Gasteiger partial charge in [-0.2, -0.15) is 0 Å². The molecular formula is C19H26N4O2. The number of rotatable bonds is 7. The van der Waals surface area contributed by atoms with E-state index in [9.17, 15) is 4.79 Å². The van der Waals surface area contributed by atoms with Crippen molar-refractivity contribution in [1.29, 1.82) is 0 Å². The number of hydrogen-bond acceptors (Lipinski definition) is 4. The number of carbonyl (C=O) groups is 1. The minimum absolute atomic E-state index is 0.122. The summed E-state index contributed by atoms with van der Waals surface area (Å²) in [7, 11) is 0. The highest BCUT2D eigenvalue weighted by atomic mass is 16.4. The molecule has 1 aliphatic rings. The van der Waals surface area contributed by atoms with E-state index in [-0.39, 0.29) is 12.5 Å². The van der Waals surface area contributed by atoms with E-state index in [1.54, 1.807) is 0 Å². The lowest BCUT2D eigenvalue weighted by atomic mass is 10.1. The first-order valence-electron chi connectivity index (χ1n) is 8.98. The third-order valence-corrected chi connectivity index (χ3v) is 4.78. The number of likely N-dealkylation sites (tertiary alicyclic amines) is 1. The van der Waals surface area contributed by atoms with E-state index in [1.807, 2.05) is 24.5 Å². The molecule has 3 rings (SSSR count). The topological polar surface area (TPSA) is 71.2 Å². The molecule has 0 amide bonds. The van der Waals surface area contributed by atoms with E-state index in [0.717, 1.165) is 43.1 Å². The first-order chi connectivity index (χ1) is 12.0. The van der Waals surface area contributed by atoms with Gasteiger partial charge in [-0.15, -0.1) is 0 Å². The normalized spacial score (nSPS) is 18.1. The van der Waals surface area contributed by atoms with Crippen LogP contribution < -0.4 is 0 Å². The van der Waals surface area contributed by atoms with Gasteiger partial charge in [-0.25, -0.2) is 4.98 Å². The lowest BCUT2D eigenvalue weighted by Gasteiger charge is -2.25. The van der Waals surface area contributed by atoms with Crippen molar-refractivity contribution in [2.24, 2.45) is 0 Å². The molecule has 0 spiro atoms. The predicted octanol–water partition coefficient (Wildman–Crippen LogP) is 3.21. The highest BCUT2D eigenvalue weighted by Gasteiger charge is 2.28. The van der Waals surface area contributed by atoms with E-state index in [0.29, 0.717) is 12.5 Å². The van der Waals surface area contributed by atoms with Gasteiger partial charge in [-0.1, -0.05) is 6.07 Å². The summed E-state index contributed by atoms with van der Waals surface area (Å²) in [4.78, 5) is 22.5. The average molecular weight is 342 g/mol. The fraction of sp³-hybridized carbons (Fsp3) is 0.526. The molecular weight excluding hydrogens is 316 g/mol. The zero-order valence-electron chi connectivity index (χ0n) is 14.9. The molecule has 0 aliphatic carbocycles. The SMILES string of the molecule is CC(C)n1ccnc1CN1CCC[C@H]1c1cccc(CCC(=O)O)n1. The average Bonchev–Trinajstić information content (AvgIpc) is 3.23. The van der Waals surface area contributed by atoms with Crippen molar-refractivity contribution in [3.63, 3.8) is 0 Å². The Labute approximate surface area is 148 Å². The number of aryl methyl sites for hydroxylation is 1. The molecule has 1 saturated heterocycles. The smallest absolute Gasteiger partial charge is 0.303 e. The molecule has 1 fully saturated rings. The van der Waals surface area contributed by atoms with Crippen molar-refractivity contribution >= 4 is 5.97 Å². The van der Waals surface area contributed by atoms with Gasteiger partial charge in [0.1, 0.15) is 5.82 Å². The summed E-state index contributed by atoms with van der Waals surface area (Å²) >= 11 is 0. The molecule has 0 aromatic carbocycles. The Balaban J connectivity index is 1.74. The van der Waals surface area contributed by atoms with Crippen molar-refractivity contribution in [2.75, 3.05) is 6.54 Å². The molecule has 0 radical (unpaired) electrons. The van der Waals surface area contributed by atoms with Crippen molar-refractivity contribution < 1.29 is 9.90 Å².